The molecule has 0 amide bonds. The maximum Gasteiger partial charge on any atom is 0.149 e. The fraction of sp³-hybridized carbons (Fsp3) is 0. The third kappa shape index (κ3) is 3.90. The zero-order chi connectivity index (χ0) is 18.6. The van der Waals surface area contributed by atoms with Crippen LogP contribution in [-0.4, -0.2) is 9.97 Å². The Balaban J connectivity index is 1.71. The molecule has 130 valence electrons. The van der Waals surface area contributed by atoms with Crippen LogP contribution in [0.15, 0.2) is 82.6 Å². The minimum Gasteiger partial charge on any atom is -0.337 e. The molecule has 0 bridgehead atoms. The Morgan fingerprint density at radius 3 is 2.52 bits per heavy atom. The van der Waals surface area contributed by atoms with Crippen LogP contribution in [0.4, 0.5) is 0 Å². The van der Waals surface area contributed by atoms with Crippen molar-refractivity contribution < 1.29 is 0 Å². The summed E-state index contributed by atoms with van der Waals surface area (Å²) >= 11 is 7.60. The molecular formula is C22H14ClN3S. The van der Waals surface area contributed by atoms with Gasteiger partial charge in [0, 0.05) is 14.8 Å². The molecule has 0 fully saturated rings. The van der Waals surface area contributed by atoms with Crippen molar-refractivity contribution in [2.45, 2.75) is 9.79 Å². The third-order valence-corrected chi connectivity index (χ3v) is 5.38. The van der Waals surface area contributed by atoms with Crippen molar-refractivity contribution in [2.75, 3.05) is 0 Å². The Kier molecular flexibility index (Phi) is 4.97. The second kappa shape index (κ2) is 7.71. The molecule has 0 aliphatic heterocycles. The predicted molar refractivity (Wildman–Crippen MR) is 112 cm³/mol. The molecule has 0 unspecified atom stereocenters. The number of hydrogen-bond acceptors (Lipinski definition) is 3. The summed E-state index contributed by atoms with van der Waals surface area (Å²) in [6, 6.07) is 25.7. The van der Waals surface area contributed by atoms with E-state index in [4.69, 9.17) is 11.6 Å². The number of aromatic nitrogens is 2. The van der Waals surface area contributed by atoms with E-state index in [1.165, 1.54) is 0 Å². The lowest BCUT2D eigenvalue weighted by atomic mass is 10.1. The third-order valence-electron chi connectivity index (χ3n) is 4.03. The van der Waals surface area contributed by atoms with Crippen molar-refractivity contribution in [3.8, 4) is 6.07 Å². The molecule has 5 heteroatoms. The first-order valence-corrected chi connectivity index (χ1v) is 9.52. The number of imidazole rings is 1. The molecule has 0 radical (unpaired) electrons. The van der Waals surface area contributed by atoms with Crippen LogP contribution in [0, 0.1) is 11.3 Å². The van der Waals surface area contributed by atoms with Crippen LogP contribution in [0.1, 0.15) is 11.4 Å². The summed E-state index contributed by atoms with van der Waals surface area (Å²) in [7, 11) is 0. The minimum absolute atomic E-state index is 0.496. The van der Waals surface area contributed by atoms with Crippen molar-refractivity contribution in [1.82, 2.24) is 9.97 Å². The summed E-state index contributed by atoms with van der Waals surface area (Å²) in [6.07, 6.45) is 1.87. The topological polar surface area (TPSA) is 52.5 Å². The van der Waals surface area contributed by atoms with Gasteiger partial charge in [0.2, 0.25) is 0 Å². The van der Waals surface area contributed by atoms with Gasteiger partial charge in [0.1, 0.15) is 11.9 Å². The SMILES string of the molecule is N#C/C(=C\c1ccccc1Sc1ccc(Cl)cc1)c1nc2ccccc2[nH]1. The largest absolute Gasteiger partial charge is 0.337 e. The van der Waals surface area contributed by atoms with E-state index in [1.54, 1.807) is 11.8 Å². The number of allylic oxidation sites excluding steroid dienone is 1. The van der Waals surface area contributed by atoms with E-state index >= 15 is 0 Å². The number of aromatic amines is 1. The number of hydrogen-bond donors (Lipinski definition) is 1. The monoisotopic (exact) mass is 387 g/mol. The second-order valence-corrected chi connectivity index (χ2v) is 7.42. The van der Waals surface area contributed by atoms with E-state index in [0.717, 1.165) is 26.4 Å². The zero-order valence-electron chi connectivity index (χ0n) is 14.2. The van der Waals surface area contributed by atoms with Crippen molar-refractivity contribution in [2.24, 2.45) is 0 Å². The van der Waals surface area contributed by atoms with Crippen LogP contribution >= 0.6 is 23.4 Å². The fourth-order valence-corrected chi connectivity index (χ4v) is 3.76. The van der Waals surface area contributed by atoms with Crippen LogP contribution < -0.4 is 0 Å². The first-order chi connectivity index (χ1) is 13.2. The standard InChI is InChI=1S/C22H14ClN3S/c23-17-9-11-18(12-10-17)27-21-8-4-1-5-15(21)13-16(14-24)22-25-19-6-2-3-7-20(19)26-22/h1-13H,(H,25,26)/b16-13+. The molecule has 0 saturated heterocycles. The molecule has 0 aliphatic carbocycles. The number of halogens is 1. The first-order valence-electron chi connectivity index (χ1n) is 8.32. The van der Waals surface area contributed by atoms with Crippen molar-refractivity contribution >= 4 is 46.0 Å². The number of H-pyrrole nitrogens is 1. The second-order valence-electron chi connectivity index (χ2n) is 5.87. The molecular weight excluding hydrogens is 374 g/mol. The molecule has 0 saturated carbocycles. The van der Waals surface area contributed by atoms with Crippen molar-refractivity contribution in [3.05, 3.63) is 89.2 Å². The Morgan fingerprint density at radius 1 is 1.00 bits per heavy atom. The van der Waals surface area contributed by atoms with E-state index in [0.29, 0.717) is 16.4 Å². The highest BCUT2D eigenvalue weighted by atomic mass is 35.5. The maximum absolute atomic E-state index is 9.68. The highest BCUT2D eigenvalue weighted by Crippen LogP contribution is 2.33. The molecule has 4 rings (SSSR count). The van der Waals surface area contributed by atoms with E-state index in [-0.39, 0.29) is 0 Å². The number of nitrogens with one attached hydrogen (secondary N) is 1. The van der Waals surface area contributed by atoms with E-state index < -0.39 is 0 Å². The smallest absolute Gasteiger partial charge is 0.149 e. The van der Waals surface area contributed by atoms with Crippen LogP contribution in [-0.2, 0) is 0 Å². The molecule has 0 spiro atoms. The van der Waals surface area contributed by atoms with Gasteiger partial charge in [0.05, 0.1) is 16.6 Å². The molecule has 0 aliphatic rings. The van der Waals surface area contributed by atoms with Crippen LogP contribution in [0.2, 0.25) is 5.02 Å². The minimum atomic E-state index is 0.496. The Bertz CT molecular complexity index is 1140. The summed E-state index contributed by atoms with van der Waals surface area (Å²) in [5.74, 6) is 0.574. The number of fused-ring (bicyclic) bond motifs is 1. The molecule has 0 atom stereocenters. The average molecular weight is 388 g/mol. The van der Waals surface area contributed by atoms with Gasteiger partial charge >= 0.3 is 0 Å². The number of benzene rings is 3. The Hall–Kier alpha value is -3.00. The Labute approximate surface area is 166 Å². The van der Waals surface area contributed by atoms with Crippen LogP contribution in [0.25, 0.3) is 22.7 Å². The van der Waals surface area contributed by atoms with Crippen molar-refractivity contribution in [3.63, 3.8) is 0 Å². The van der Waals surface area contributed by atoms with Gasteiger partial charge in [-0.25, -0.2) is 4.98 Å². The Morgan fingerprint density at radius 2 is 1.74 bits per heavy atom. The van der Waals surface area contributed by atoms with Gasteiger partial charge < -0.3 is 4.98 Å². The predicted octanol–water partition coefficient (Wildman–Crippen LogP) is 6.43. The quantitative estimate of drug-likeness (QED) is 0.410. The lowest BCUT2D eigenvalue weighted by Crippen LogP contribution is -1.86. The van der Waals surface area contributed by atoms with E-state index in [2.05, 4.69) is 16.0 Å². The number of para-hydroxylation sites is 2. The summed E-state index contributed by atoms with van der Waals surface area (Å²) in [4.78, 5) is 9.90. The van der Waals surface area contributed by atoms with Gasteiger partial charge in [-0.15, -0.1) is 0 Å². The lowest BCUT2D eigenvalue weighted by molar-refractivity contribution is 1.27. The van der Waals surface area contributed by atoms with E-state index in [1.807, 2.05) is 78.9 Å². The first kappa shape index (κ1) is 17.4. The fourth-order valence-electron chi connectivity index (χ4n) is 2.71. The lowest BCUT2D eigenvalue weighted by Gasteiger charge is -2.06. The molecule has 3 aromatic carbocycles. The molecule has 1 heterocycles. The van der Waals surface area contributed by atoms with Gasteiger partial charge in [-0.05, 0) is 54.1 Å². The van der Waals surface area contributed by atoms with Gasteiger partial charge in [0.15, 0.2) is 0 Å². The van der Waals surface area contributed by atoms with Crippen molar-refractivity contribution in [1.29, 1.82) is 5.26 Å². The molecule has 3 nitrogen and oxygen atoms in total. The van der Waals surface area contributed by atoms with Gasteiger partial charge in [-0.3, -0.25) is 0 Å². The van der Waals surface area contributed by atoms with Gasteiger partial charge in [-0.2, -0.15) is 5.26 Å². The van der Waals surface area contributed by atoms with E-state index in [9.17, 15) is 5.26 Å². The molecule has 1 aromatic heterocycles. The molecule has 1 N–H and O–H groups in total. The number of nitrogens with zero attached hydrogens (tertiary/aromatic N) is 2. The van der Waals surface area contributed by atoms with Crippen LogP contribution in [0.3, 0.4) is 0 Å². The normalized spacial score (nSPS) is 11.5. The summed E-state index contributed by atoms with van der Waals surface area (Å²) in [6.45, 7) is 0. The molecule has 4 aromatic rings. The van der Waals surface area contributed by atoms with Gasteiger partial charge in [-0.1, -0.05) is 53.7 Å². The molecule has 27 heavy (non-hydrogen) atoms. The van der Waals surface area contributed by atoms with Crippen LogP contribution in [0.5, 0.6) is 0 Å². The average Bonchev–Trinajstić information content (AvgIpc) is 3.13. The summed E-state index contributed by atoms with van der Waals surface area (Å²) in [5.41, 5.74) is 3.22. The highest BCUT2D eigenvalue weighted by molar-refractivity contribution is 7.99. The van der Waals surface area contributed by atoms with Gasteiger partial charge in [0.25, 0.3) is 0 Å². The highest BCUT2D eigenvalue weighted by Gasteiger charge is 2.09. The maximum atomic E-state index is 9.68. The summed E-state index contributed by atoms with van der Waals surface area (Å²) < 4.78 is 0. The number of rotatable bonds is 4. The number of nitriles is 1. The summed E-state index contributed by atoms with van der Waals surface area (Å²) in [5, 5.41) is 10.4. The zero-order valence-corrected chi connectivity index (χ0v) is 15.8.